The molecule has 1 aromatic rings. The van der Waals surface area contributed by atoms with Gasteiger partial charge in [-0.1, -0.05) is 24.3 Å². The zero-order chi connectivity index (χ0) is 16.1. The lowest BCUT2D eigenvalue weighted by molar-refractivity contribution is -0.154. The second kappa shape index (κ2) is 4.96. The molecule has 1 amide bonds. The topological polar surface area (TPSA) is 89.9 Å². The molecule has 0 radical (unpaired) electrons. The van der Waals surface area contributed by atoms with Crippen molar-refractivity contribution < 1.29 is 19.8 Å². The van der Waals surface area contributed by atoms with Crippen molar-refractivity contribution in [3.63, 3.8) is 0 Å². The average molecular weight is 312 g/mol. The molecular weight excluding hydrogens is 296 g/mol. The molecule has 1 unspecified atom stereocenters. The Morgan fingerprint density at radius 1 is 1.26 bits per heavy atom. The smallest absolute Gasteiger partial charge is 0.352 e. The fourth-order valence-electron chi connectivity index (χ4n) is 3.81. The molecule has 0 spiro atoms. The quantitative estimate of drug-likeness (QED) is 0.723. The number of nitrogens with one attached hydrogen (secondary N) is 1. The number of hydrogen-bond acceptors (Lipinski definition) is 4. The zero-order valence-electron chi connectivity index (χ0n) is 12.3. The molecule has 3 N–H and O–H groups in total. The van der Waals surface area contributed by atoms with Crippen LogP contribution in [0.4, 0.5) is 0 Å². The summed E-state index contributed by atoms with van der Waals surface area (Å²) in [7, 11) is 0. The number of hydrogen-bond donors (Lipinski definition) is 3. The molecule has 0 bridgehead atoms. The number of carboxylic acid groups (broad SMARTS) is 1. The number of rotatable bonds is 3. The van der Waals surface area contributed by atoms with Crippen molar-refractivity contribution in [2.24, 2.45) is 5.92 Å². The Balaban J connectivity index is 1.71. The van der Waals surface area contributed by atoms with Crippen molar-refractivity contribution in [2.45, 2.75) is 18.5 Å². The maximum absolute atomic E-state index is 12.1. The van der Waals surface area contributed by atoms with Gasteiger partial charge in [0.25, 0.3) is 0 Å². The molecule has 1 aromatic carbocycles. The van der Waals surface area contributed by atoms with Crippen LogP contribution in [0.3, 0.4) is 0 Å². The molecule has 2 fully saturated rings. The molecule has 3 atom stereocenters. The highest BCUT2D eigenvalue weighted by Crippen LogP contribution is 2.46. The summed E-state index contributed by atoms with van der Waals surface area (Å²) < 4.78 is 0. The summed E-state index contributed by atoms with van der Waals surface area (Å²) in [6, 6.07) is 6.36. The lowest BCUT2D eigenvalue weighted by Crippen LogP contribution is -2.71. The van der Waals surface area contributed by atoms with E-state index in [1.54, 1.807) is 30.3 Å². The minimum absolute atomic E-state index is 0.0678. The number of piperidine rings is 1. The highest BCUT2D eigenvalue weighted by molar-refractivity contribution is 6.02. The number of carboxylic acids is 1. The van der Waals surface area contributed by atoms with Crippen LogP contribution in [0, 0.1) is 5.92 Å². The van der Waals surface area contributed by atoms with Crippen LogP contribution in [0.15, 0.2) is 41.6 Å². The molecule has 3 heterocycles. The van der Waals surface area contributed by atoms with Crippen LogP contribution in [0.25, 0.3) is 6.08 Å². The van der Waals surface area contributed by atoms with Gasteiger partial charge < -0.3 is 15.5 Å². The van der Waals surface area contributed by atoms with E-state index in [4.69, 9.17) is 0 Å². The summed E-state index contributed by atoms with van der Waals surface area (Å²) >= 11 is 0. The van der Waals surface area contributed by atoms with Crippen LogP contribution >= 0.6 is 0 Å². The van der Waals surface area contributed by atoms with Crippen molar-refractivity contribution >= 4 is 18.0 Å². The SMILES string of the molecule is O=C(O)C1=C(/C=C/c2ccc(O)cc2)C2CCN[C@@H]3C(=O)N1[C@H]23. The zero-order valence-corrected chi connectivity index (χ0v) is 12.3. The summed E-state index contributed by atoms with van der Waals surface area (Å²) in [5, 5.41) is 22.0. The van der Waals surface area contributed by atoms with E-state index in [9.17, 15) is 19.8 Å². The van der Waals surface area contributed by atoms with Gasteiger partial charge in [-0.3, -0.25) is 9.69 Å². The van der Waals surface area contributed by atoms with Gasteiger partial charge in [0.2, 0.25) is 5.91 Å². The van der Waals surface area contributed by atoms with E-state index in [1.807, 2.05) is 6.08 Å². The lowest BCUT2D eigenvalue weighted by Gasteiger charge is -2.48. The van der Waals surface area contributed by atoms with Gasteiger partial charge in [-0.15, -0.1) is 0 Å². The Kier molecular flexibility index (Phi) is 3.02. The standard InChI is InChI=1S/C17H16N2O4/c20-10-4-1-9(2-5-10)3-6-11-12-7-8-18-13-14(12)19(16(13)21)15(11)17(22)23/h1-6,12-14,18,20H,7-8H2,(H,22,23)/b6-3+/t12?,13-,14+/m0/s1. The predicted molar refractivity (Wildman–Crippen MR) is 82.3 cm³/mol. The fourth-order valence-corrected chi connectivity index (χ4v) is 3.81. The number of nitrogens with zero attached hydrogens (tertiary/aromatic N) is 1. The first kappa shape index (κ1) is 14.0. The summed E-state index contributed by atoms with van der Waals surface area (Å²) in [4.78, 5) is 25.2. The van der Waals surface area contributed by atoms with E-state index in [1.165, 1.54) is 4.90 Å². The Morgan fingerprint density at radius 2 is 2.00 bits per heavy atom. The number of aliphatic carboxylic acids is 1. The molecule has 3 aliphatic rings. The maximum atomic E-state index is 12.1. The summed E-state index contributed by atoms with van der Waals surface area (Å²) in [5.74, 6) is -0.954. The van der Waals surface area contributed by atoms with Gasteiger partial charge in [0.15, 0.2) is 0 Å². The number of benzene rings is 1. The van der Waals surface area contributed by atoms with Crippen LogP contribution in [0.1, 0.15) is 12.0 Å². The van der Waals surface area contributed by atoms with Gasteiger partial charge in [0, 0.05) is 5.92 Å². The van der Waals surface area contributed by atoms with E-state index >= 15 is 0 Å². The summed E-state index contributed by atoms with van der Waals surface area (Å²) in [5.41, 5.74) is 1.69. The lowest BCUT2D eigenvalue weighted by atomic mass is 9.79. The molecule has 0 aliphatic carbocycles. The number of allylic oxidation sites excluding steroid dienone is 1. The summed E-state index contributed by atoms with van der Waals surface area (Å²) in [6.45, 7) is 0.717. The van der Waals surface area contributed by atoms with Crippen LogP contribution in [-0.2, 0) is 9.59 Å². The Bertz CT molecular complexity index is 750. The number of β-lactam (4-membered cyclic amide) rings is 1. The van der Waals surface area contributed by atoms with E-state index in [-0.39, 0.29) is 35.4 Å². The third kappa shape index (κ3) is 1.98. The minimum atomic E-state index is -1.06. The van der Waals surface area contributed by atoms with Gasteiger partial charge in [-0.2, -0.15) is 0 Å². The predicted octanol–water partition coefficient (Wildman–Crippen LogP) is 0.947. The highest BCUT2D eigenvalue weighted by Gasteiger charge is 2.60. The number of amides is 1. The number of aromatic hydroxyl groups is 1. The number of phenols is 1. The van der Waals surface area contributed by atoms with Crippen molar-refractivity contribution in [3.8, 4) is 5.75 Å². The number of phenolic OH excluding ortho intramolecular Hbond substituents is 1. The number of carbonyl (C=O) groups excluding carboxylic acids is 1. The van der Waals surface area contributed by atoms with E-state index in [2.05, 4.69) is 5.32 Å². The van der Waals surface area contributed by atoms with Gasteiger partial charge >= 0.3 is 5.97 Å². The van der Waals surface area contributed by atoms with Crippen LogP contribution < -0.4 is 5.32 Å². The molecule has 0 aromatic heterocycles. The first-order valence-corrected chi connectivity index (χ1v) is 7.59. The molecule has 6 heteroatoms. The average Bonchev–Trinajstić information content (AvgIpc) is 2.87. The molecule has 2 saturated heterocycles. The van der Waals surface area contributed by atoms with Crippen molar-refractivity contribution in [3.05, 3.63) is 47.2 Å². The minimum Gasteiger partial charge on any atom is -0.508 e. The third-order valence-corrected chi connectivity index (χ3v) is 4.84. The van der Waals surface area contributed by atoms with E-state index < -0.39 is 5.97 Å². The molecule has 118 valence electrons. The number of carbonyl (C=O) groups is 2. The van der Waals surface area contributed by atoms with Crippen LogP contribution in [0.5, 0.6) is 5.75 Å². The first-order chi connectivity index (χ1) is 11.1. The molecule has 3 aliphatic heterocycles. The van der Waals surface area contributed by atoms with Crippen molar-refractivity contribution in [1.29, 1.82) is 0 Å². The Morgan fingerprint density at radius 3 is 2.70 bits per heavy atom. The second-order valence-electron chi connectivity index (χ2n) is 6.06. The molecule has 6 nitrogen and oxygen atoms in total. The second-order valence-corrected chi connectivity index (χ2v) is 6.06. The Labute approximate surface area is 132 Å². The monoisotopic (exact) mass is 312 g/mol. The van der Waals surface area contributed by atoms with Gasteiger partial charge in [0.05, 0.1) is 6.04 Å². The molecule has 0 saturated carbocycles. The third-order valence-electron chi connectivity index (χ3n) is 4.84. The Hall–Kier alpha value is -2.60. The molecular formula is C17H16N2O4. The molecule has 4 rings (SSSR count). The fraction of sp³-hybridized carbons (Fsp3) is 0.294. The van der Waals surface area contributed by atoms with Gasteiger partial charge in [-0.25, -0.2) is 4.79 Å². The van der Waals surface area contributed by atoms with E-state index in [0.29, 0.717) is 5.57 Å². The first-order valence-electron chi connectivity index (χ1n) is 7.59. The van der Waals surface area contributed by atoms with E-state index in [0.717, 1.165) is 18.5 Å². The largest absolute Gasteiger partial charge is 0.508 e. The summed E-state index contributed by atoms with van der Waals surface area (Å²) in [6.07, 6.45) is 4.44. The maximum Gasteiger partial charge on any atom is 0.352 e. The van der Waals surface area contributed by atoms with Gasteiger partial charge in [-0.05, 0) is 36.2 Å². The van der Waals surface area contributed by atoms with Crippen molar-refractivity contribution in [1.82, 2.24) is 10.2 Å². The highest BCUT2D eigenvalue weighted by atomic mass is 16.4. The van der Waals surface area contributed by atoms with Crippen LogP contribution in [-0.4, -0.2) is 45.6 Å². The normalized spacial score (nSPS) is 29.0. The van der Waals surface area contributed by atoms with Gasteiger partial charge in [0.1, 0.15) is 17.5 Å². The molecule has 23 heavy (non-hydrogen) atoms. The van der Waals surface area contributed by atoms with Crippen molar-refractivity contribution in [2.75, 3.05) is 6.54 Å². The van der Waals surface area contributed by atoms with Crippen LogP contribution in [0.2, 0.25) is 0 Å².